The molecule has 1 aliphatic rings. The summed E-state index contributed by atoms with van der Waals surface area (Å²) in [7, 11) is 0. The summed E-state index contributed by atoms with van der Waals surface area (Å²) in [6.07, 6.45) is 1.45. The molecular formula is C27H33ClN4O3. The van der Waals surface area contributed by atoms with Gasteiger partial charge in [-0.05, 0) is 55.2 Å². The third-order valence-electron chi connectivity index (χ3n) is 6.28. The zero-order valence-corrected chi connectivity index (χ0v) is 21.4. The number of hydrogen-bond donors (Lipinski definition) is 0. The standard InChI is InChI=1S/C27H33ClN4O3/c1-19(2)15-25(33)17-26-29-32(27(34)31(26)24-6-4-5-22(28)16-24)23-9-7-21(8-10-23)11-12-30-13-14-35-18-20(30)3/h4-10,16,19-20H,11-15,17-18H2,1-3H3. The van der Waals surface area contributed by atoms with Crippen molar-refractivity contribution < 1.29 is 9.53 Å². The molecule has 35 heavy (non-hydrogen) atoms. The Morgan fingerprint density at radius 3 is 2.63 bits per heavy atom. The number of nitrogens with zero attached hydrogens (tertiary/aromatic N) is 4. The van der Waals surface area contributed by atoms with Crippen LogP contribution in [0.25, 0.3) is 11.4 Å². The van der Waals surface area contributed by atoms with Crippen LogP contribution in [0, 0.1) is 5.92 Å². The second kappa shape index (κ2) is 11.3. The molecule has 1 saturated heterocycles. The van der Waals surface area contributed by atoms with Gasteiger partial charge in [0.2, 0.25) is 0 Å². The Morgan fingerprint density at radius 1 is 1.17 bits per heavy atom. The Hall–Kier alpha value is -2.74. The molecule has 1 aliphatic heterocycles. The Bertz CT molecular complexity index is 1220. The first kappa shape index (κ1) is 25.4. The summed E-state index contributed by atoms with van der Waals surface area (Å²) in [5, 5.41) is 5.09. The average Bonchev–Trinajstić information content (AvgIpc) is 3.13. The Labute approximate surface area is 211 Å². The Balaban J connectivity index is 1.59. The van der Waals surface area contributed by atoms with Crippen LogP contribution in [0.5, 0.6) is 0 Å². The van der Waals surface area contributed by atoms with Crippen LogP contribution in [0.15, 0.2) is 53.3 Å². The van der Waals surface area contributed by atoms with E-state index in [4.69, 9.17) is 16.3 Å². The van der Waals surface area contributed by atoms with Gasteiger partial charge in [-0.25, -0.2) is 9.36 Å². The van der Waals surface area contributed by atoms with Crippen LogP contribution in [-0.4, -0.2) is 57.4 Å². The van der Waals surface area contributed by atoms with Crippen molar-refractivity contribution in [2.45, 2.75) is 46.1 Å². The van der Waals surface area contributed by atoms with Crippen LogP contribution in [0.1, 0.15) is 38.6 Å². The van der Waals surface area contributed by atoms with E-state index in [9.17, 15) is 9.59 Å². The lowest BCUT2D eigenvalue weighted by molar-refractivity contribution is -0.119. The third kappa shape index (κ3) is 6.28. The molecule has 1 fully saturated rings. The fraction of sp³-hybridized carbons (Fsp3) is 0.444. The van der Waals surface area contributed by atoms with Crippen molar-refractivity contribution in [3.8, 4) is 11.4 Å². The molecule has 0 amide bonds. The molecule has 186 valence electrons. The normalized spacial score (nSPS) is 16.7. The van der Waals surface area contributed by atoms with Crippen LogP contribution in [-0.2, 0) is 22.4 Å². The van der Waals surface area contributed by atoms with Crippen molar-refractivity contribution in [3.63, 3.8) is 0 Å². The molecule has 1 atom stereocenters. The number of aromatic nitrogens is 3. The average molecular weight is 497 g/mol. The molecule has 0 radical (unpaired) electrons. The van der Waals surface area contributed by atoms with Gasteiger partial charge in [-0.1, -0.05) is 43.6 Å². The third-order valence-corrected chi connectivity index (χ3v) is 6.51. The van der Waals surface area contributed by atoms with E-state index in [-0.39, 0.29) is 23.8 Å². The van der Waals surface area contributed by atoms with Crippen molar-refractivity contribution >= 4 is 17.4 Å². The van der Waals surface area contributed by atoms with E-state index in [1.54, 1.807) is 24.3 Å². The lowest BCUT2D eigenvalue weighted by Crippen LogP contribution is -2.44. The van der Waals surface area contributed by atoms with E-state index in [1.165, 1.54) is 14.8 Å². The molecule has 2 aromatic carbocycles. The number of hydrogen-bond acceptors (Lipinski definition) is 5. The van der Waals surface area contributed by atoms with Gasteiger partial charge in [0.25, 0.3) is 0 Å². The summed E-state index contributed by atoms with van der Waals surface area (Å²) in [6, 6.07) is 15.4. The topological polar surface area (TPSA) is 69.4 Å². The summed E-state index contributed by atoms with van der Waals surface area (Å²) >= 11 is 6.19. The molecule has 0 saturated carbocycles. The van der Waals surface area contributed by atoms with Gasteiger partial charge in [0.1, 0.15) is 11.6 Å². The molecule has 1 aromatic heterocycles. The number of ether oxygens (including phenoxy) is 1. The van der Waals surface area contributed by atoms with Gasteiger partial charge in [-0.15, -0.1) is 5.10 Å². The van der Waals surface area contributed by atoms with E-state index in [1.807, 2.05) is 38.1 Å². The molecule has 2 heterocycles. The molecule has 0 N–H and O–H groups in total. The highest BCUT2D eigenvalue weighted by atomic mass is 35.5. The zero-order valence-electron chi connectivity index (χ0n) is 20.6. The summed E-state index contributed by atoms with van der Waals surface area (Å²) < 4.78 is 8.37. The molecule has 8 heteroatoms. The Morgan fingerprint density at radius 2 is 1.94 bits per heavy atom. The number of carbonyl (C=O) groups is 1. The van der Waals surface area contributed by atoms with Crippen molar-refractivity contribution in [2.24, 2.45) is 5.92 Å². The van der Waals surface area contributed by atoms with Crippen molar-refractivity contribution in [2.75, 3.05) is 26.3 Å². The number of rotatable bonds is 9. The second-order valence-electron chi connectivity index (χ2n) is 9.62. The highest BCUT2D eigenvalue weighted by molar-refractivity contribution is 6.30. The summed E-state index contributed by atoms with van der Waals surface area (Å²) in [4.78, 5) is 28.5. The number of carbonyl (C=O) groups excluding carboxylic acids is 1. The molecule has 1 unspecified atom stereocenters. The maximum absolute atomic E-state index is 13.4. The minimum Gasteiger partial charge on any atom is -0.379 e. The van der Waals surface area contributed by atoms with Crippen LogP contribution >= 0.6 is 11.6 Å². The second-order valence-corrected chi connectivity index (χ2v) is 10.1. The quantitative estimate of drug-likeness (QED) is 0.446. The largest absolute Gasteiger partial charge is 0.379 e. The molecule has 0 spiro atoms. The van der Waals surface area contributed by atoms with Crippen molar-refractivity contribution in [1.82, 2.24) is 19.2 Å². The maximum atomic E-state index is 13.4. The molecule has 0 aliphatic carbocycles. The van der Waals surface area contributed by atoms with Crippen molar-refractivity contribution in [3.05, 3.63) is 75.4 Å². The maximum Gasteiger partial charge on any atom is 0.355 e. The first-order valence-electron chi connectivity index (χ1n) is 12.2. The predicted octanol–water partition coefficient (Wildman–Crippen LogP) is 4.10. The molecule has 4 rings (SSSR count). The highest BCUT2D eigenvalue weighted by Crippen LogP contribution is 2.17. The number of ketones is 1. The van der Waals surface area contributed by atoms with Crippen LogP contribution in [0.4, 0.5) is 0 Å². The van der Waals surface area contributed by atoms with Crippen molar-refractivity contribution in [1.29, 1.82) is 0 Å². The Kier molecular flexibility index (Phi) is 8.21. The lowest BCUT2D eigenvalue weighted by atomic mass is 10.1. The summed E-state index contributed by atoms with van der Waals surface area (Å²) in [5.74, 6) is 0.699. The predicted molar refractivity (Wildman–Crippen MR) is 138 cm³/mol. The number of Topliss-reactive ketones (excluding diaryl/α,β-unsaturated/α-hetero) is 1. The van der Waals surface area contributed by atoms with Crippen LogP contribution < -0.4 is 5.69 Å². The van der Waals surface area contributed by atoms with E-state index >= 15 is 0 Å². The summed E-state index contributed by atoms with van der Waals surface area (Å²) in [5.41, 5.74) is 2.13. The van der Waals surface area contributed by atoms with Gasteiger partial charge in [0, 0.05) is 30.6 Å². The minimum atomic E-state index is -0.325. The van der Waals surface area contributed by atoms with E-state index in [2.05, 4.69) is 16.9 Å². The van der Waals surface area contributed by atoms with Gasteiger partial charge >= 0.3 is 5.69 Å². The van der Waals surface area contributed by atoms with Gasteiger partial charge in [0.15, 0.2) is 0 Å². The van der Waals surface area contributed by atoms with E-state index < -0.39 is 0 Å². The fourth-order valence-electron chi connectivity index (χ4n) is 4.44. The smallest absolute Gasteiger partial charge is 0.355 e. The lowest BCUT2D eigenvalue weighted by Gasteiger charge is -2.33. The van der Waals surface area contributed by atoms with Gasteiger partial charge < -0.3 is 4.74 Å². The van der Waals surface area contributed by atoms with E-state index in [0.717, 1.165) is 32.7 Å². The molecule has 3 aromatic rings. The number of morpholine rings is 1. The van der Waals surface area contributed by atoms with Crippen LogP contribution in [0.3, 0.4) is 0 Å². The molecule has 0 bridgehead atoms. The van der Waals surface area contributed by atoms with Crippen LogP contribution in [0.2, 0.25) is 5.02 Å². The van der Waals surface area contributed by atoms with Gasteiger partial charge in [-0.2, -0.15) is 4.68 Å². The monoisotopic (exact) mass is 496 g/mol. The first-order valence-corrected chi connectivity index (χ1v) is 12.6. The SMILES string of the molecule is CC(C)CC(=O)Cc1nn(-c2ccc(CCN3CCOCC3C)cc2)c(=O)n1-c1cccc(Cl)c1. The molecular weight excluding hydrogens is 464 g/mol. The number of halogens is 1. The molecule has 7 nitrogen and oxygen atoms in total. The fourth-order valence-corrected chi connectivity index (χ4v) is 4.62. The summed E-state index contributed by atoms with van der Waals surface area (Å²) in [6.45, 7) is 9.67. The van der Waals surface area contributed by atoms with Gasteiger partial charge in [0.05, 0.1) is 31.0 Å². The van der Waals surface area contributed by atoms with E-state index in [0.29, 0.717) is 34.7 Å². The zero-order chi connectivity index (χ0) is 24.9. The highest BCUT2D eigenvalue weighted by Gasteiger charge is 2.20. The minimum absolute atomic E-state index is 0.0492. The number of benzene rings is 2. The van der Waals surface area contributed by atoms with Gasteiger partial charge in [-0.3, -0.25) is 9.69 Å². The first-order chi connectivity index (χ1) is 16.8.